The van der Waals surface area contributed by atoms with Gasteiger partial charge in [0.05, 0.1) is 18.8 Å². The van der Waals surface area contributed by atoms with E-state index < -0.39 is 0 Å². The van der Waals surface area contributed by atoms with E-state index >= 15 is 0 Å². The molecule has 108 valence electrons. The lowest BCUT2D eigenvalue weighted by Crippen LogP contribution is -2.27. The van der Waals surface area contributed by atoms with Crippen LogP contribution >= 0.6 is 0 Å². The molecule has 1 aromatic carbocycles. The van der Waals surface area contributed by atoms with E-state index in [0.717, 1.165) is 19.6 Å². The molecule has 0 aromatic heterocycles. The van der Waals surface area contributed by atoms with Gasteiger partial charge >= 0.3 is 0 Å². The molecule has 0 aliphatic rings. The van der Waals surface area contributed by atoms with Gasteiger partial charge < -0.3 is 10.1 Å². The average molecular weight is 263 g/mol. The highest BCUT2D eigenvalue weighted by Gasteiger charge is 2.13. The summed E-state index contributed by atoms with van der Waals surface area (Å²) in [5.41, 5.74) is 4.02. The molecule has 19 heavy (non-hydrogen) atoms. The highest BCUT2D eigenvalue weighted by atomic mass is 16.5. The second-order valence-electron chi connectivity index (χ2n) is 5.39. The molecule has 0 radical (unpaired) electrons. The molecule has 0 spiro atoms. The van der Waals surface area contributed by atoms with Crippen molar-refractivity contribution >= 4 is 0 Å². The van der Waals surface area contributed by atoms with Crippen molar-refractivity contribution in [1.29, 1.82) is 0 Å². The maximum atomic E-state index is 5.96. The Morgan fingerprint density at radius 3 is 2.47 bits per heavy atom. The van der Waals surface area contributed by atoms with E-state index in [1.165, 1.54) is 23.1 Å². The maximum absolute atomic E-state index is 5.96. The molecular formula is C17H29NO. The predicted molar refractivity (Wildman–Crippen MR) is 82.7 cm³/mol. The van der Waals surface area contributed by atoms with Crippen molar-refractivity contribution in [2.45, 2.75) is 59.6 Å². The average Bonchev–Trinajstić information content (AvgIpc) is 2.38. The van der Waals surface area contributed by atoms with E-state index in [0.29, 0.717) is 12.1 Å². The lowest BCUT2D eigenvalue weighted by Gasteiger charge is -2.22. The highest BCUT2D eigenvalue weighted by molar-refractivity contribution is 5.31. The van der Waals surface area contributed by atoms with Crippen LogP contribution in [0.3, 0.4) is 0 Å². The Morgan fingerprint density at radius 1 is 1.16 bits per heavy atom. The Bertz CT molecular complexity index is 376. The fourth-order valence-corrected chi connectivity index (χ4v) is 2.25. The smallest absolute Gasteiger partial charge is 0.0665 e. The summed E-state index contributed by atoms with van der Waals surface area (Å²) in [6, 6.07) is 6.98. The quantitative estimate of drug-likeness (QED) is 0.760. The minimum atomic E-state index is 0.295. The monoisotopic (exact) mass is 263 g/mol. The predicted octanol–water partition coefficient (Wildman–Crippen LogP) is 4.16. The molecule has 2 heteroatoms. The first kappa shape index (κ1) is 16.2. The molecule has 0 heterocycles. The molecule has 0 saturated carbocycles. The van der Waals surface area contributed by atoms with E-state index in [4.69, 9.17) is 4.74 Å². The molecule has 0 saturated heterocycles. The van der Waals surface area contributed by atoms with Gasteiger partial charge in [-0.3, -0.25) is 0 Å². The Labute approximate surface area is 118 Å². The number of rotatable bonds is 8. The molecule has 0 aliphatic carbocycles. The van der Waals surface area contributed by atoms with Crippen LogP contribution in [0.4, 0.5) is 0 Å². The Kier molecular flexibility index (Phi) is 7.11. The third kappa shape index (κ3) is 5.33. The van der Waals surface area contributed by atoms with Crippen LogP contribution in [0.2, 0.25) is 0 Å². The lowest BCUT2D eigenvalue weighted by atomic mass is 10.0. The summed E-state index contributed by atoms with van der Waals surface area (Å²) in [7, 11) is 0. The zero-order valence-electron chi connectivity index (χ0n) is 13.1. The number of likely N-dealkylation sites (N-methyl/N-ethyl adjacent to an activating group) is 1. The fourth-order valence-electron chi connectivity index (χ4n) is 2.25. The van der Waals surface area contributed by atoms with E-state index in [-0.39, 0.29) is 0 Å². The standard InChI is InChI=1S/C17H29NO/c1-6-8-15(5)19-12-17(18-7-2)16-10-9-13(3)14(4)11-16/h9-11,15,17-18H,6-8,12H2,1-5H3. The molecule has 1 N–H and O–H groups in total. The molecule has 1 aromatic rings. The SMILES string of the molecule is CCCC(C)OCC(NCC)c1ccc(C)c(C)c1. The molecular weight excluding hydrogens is 234 g/mol. The van der Waals surface area contributed by atoms with Gasteiger partial charge in [-0.1, -0.05) is 38.5 Å². The van der Waals surface area contributed by atoms with Gasteiger partial charge in [0.25, 0.3) is 0 Å². The van der Waals surface area contributed by atoms with Crippen LogP contribution in [0.1, 0.15) is 56.3 Å². The molecule has 0 aliphatic heterocycles. The van der Waals surface area contributed by atoms with Crippen LogP contribution in [-0.2, 0) is 4.74 Å². The summed E-state index contributed by atoms with van der Waals surface area (Å²) in [5, 5.41) is 3.52. The molecule has 1 rings (SSSR count). The van der Waals surface area contributed by atoms with Gasteiger partial charge in [-0.2, -0.15) is 0 Å². The first-order chi connectivity index (χ1) is 9.08. The number of hydrogen-bond donors (Lipinski definition) is 1. The normalized spacial score (nSPS) is 14.4. The number of benzene rings is 1. The highest BCUT2D eigenvalue weighted by Crippen LogP contribution is 2.18. The Morgan fingerprint density at radius 2 is 1.89 bits per heavy atom. The summed E-state index contributed by atoms with van der Waals surface area (Å²) in [6.45, 7) is 12.5. The van der Waals surface area contributed by atoms with E-state index in [9.17, 15) is 0 Å². The summed E-state index contributed by atoms with van der Waals surface area (Å²) in [6.07, 6.45) is 2.65. The van der Waals surface area contributed by atoms with Crippen LogP contribution < -0.4 is 5.32 Å². The summed E-state index contributed by atoms with van der Waals surface area (Å²) < 4.78 is 5.96. The maximum Gasteiger partial charge on any atom is 0.0665 e. The van der Waals surface area contributed by atoms with Gasteiger partial charge in [-0.05, 0) is 50.4 Å². The second-order valence-corrected chi connectivity index (χ2v) is 5.39. The van der Waals surface area contributed by atoms with Crippen molar-refractivity contribution in [3.63, 3.8) is 0 Å². The van der Waals surface area contributed by atoms with Crippen molar-refractivity contribution in [3.8, 4) is 0 Å². The lowest BCUT2D eigenvalue weighted by molar-refractivity contribution is 0.0442. The van der Waals surface area contributed by atoms with E-state index in [1.807, 2.05) is 0 Å². The largest absolute Gasteiger partial charge is 0.377 e. The number of ether oxygens (including phenoxy) is 1. The second kappa shape index (κ2) is 8.34. The summed E-state index contributed by atoms with van der Waals surface area (Å²) in [5.74, 6) is 0. The van der Waals surface area contributed by atoms with Crippen LogP contribution in [0, 0.1) is 13.8 Å². The fraction of sp³-hybridized carbons (Fsp3) is 0.647. The zero-order chi connectivity index (χ0) is 14.3. The van der Waals surface area contributed by atoms with Crippen molar-refractivity contribution in [3.05, 3.63) is 34.9 Å². The molecule has 2 nitrogen and oxygen atoms in total. The minimum absolute atomic E-state index is 0.295. The van der Waals surface area contributed by atoms with Gasteiger partial charge in [0.1, 0.15) is 0 Å². The first-order valence-electron chi connectivity index (χ1n) is 7.50. The minimum Gasteiger partial charge on any atom is -0.377 e. The number of aryl methyl sites for hydroxylation is 2. The van der Waals surface area contributed by atoms with Crippen molar-refractivity contribution in [2.75, 3.05) is 13.2 Å². The molecule has 0 fully saturated rings. The van der Waals surface area contributed by atoms with Crippen molar-refractivity contribution in [2.24, 2.45) is 0 Å². The molecule has 2 atom stereocenters. The first-order valence-corrected chi connectivity index (χ1v) is 7.50. The topological polar surface area (TPSA) is 21.3 Å². The third-order valence-corrected chi connectivity index (χ3v) is 3.63. The van der Waals surface area contributed by atoms with Crippen LogP contribution in [0.15, 0.2) is 18.2 Å². The molecule has 2 unspecified atom stereocenters. The van der Waals surface area contributed by atoms with E-state index in [2.05, 4.69) is 58.1 Å². The van der Waals surface area contributed by atoms with E-state index in [1.54, 1.807) is 0 Å². The van der Waals surface area contributed by atoms with Gasteiger partial charge in [-0.15, -0.1) is 0 Å². The van der Waals surface area contributed by atoms with Crippen LogP contribution in [0.5, 0.6) is 0 Å². The Hall–Kier alpha value is -0.860. The van der Waals surface area contributed by atoms with Crippen LogP contribution in [0.25, 0.3) is 0 Å². The van der Waals surface area contributed by atoms with Crippen molar-refractivity contribution < 1.29 is 4.74 Å². The molecule has 0 bridgehead atoms. The number of nitrogens with one attached hydrogen (secondary N) is 1. The van der Waals surface area contributed by atoms with Crippen molar-refractivity contribution in [1.82, 2.24) is 5.32 Å². The number of hydrogen-bond acceptors (Lipinski definition) is 2. The van der Waals surface area contributed by atoms with Gasteiger partial charge in [-0.25, -0.2) is 0 Å². The van der Waals surface area contributed by atoms with Crippen LogP contribution in [-0.4, -0.2) is 19.3 Å². The Balaban J connectivity index is 2.67. The summed E-state index contributed by atoms with van der Waals surface area (Å²) >= 11 is 0. The third-order valence-electron chi connectivity index (χ3n) is 3.63. The van der Waals surface area contributed by atoms with Gasteiger partial charge in [0.15, 0.2) is 0 Å². The summed E-state index contributed by atoms with van der Waals surface area (Å²) in [4.78, 5) is 0. The van der Waals surface area contributed by atoms with Gasteiger partial charge in [0.2, 0.25) is 0 Å². The van der Waals surface area contributed by atoms with Gasteiger partial charge in [0, 0.05) is 0 Å². The molecule has 0 amide bonds. The zero-order valence-corrected chi connectivity index (χ0v) is 13.1.